The highest BCUT2D eigenvalue weighted by Crippen LogP contribution is 2.33. The molecule has 0 aliphatic heterocycles. The fraction of sp³-hybridized carbons (Fsp3) is 0.333. The number of hydrogen-bond acceptors (Lipinski definition) is 3. The van der Waals surface area contributed by atoms with Gasteiger partial charge >= 0.3 is 5.97 Å². The highest BCUT2D eigenvalue weighted by atomic mass is 16.5. The summed E-state index contributed by atoms with van der Waals surface area (Å²) in [5, 5.41) is 4.74. The fourth-order valence-electron chi connectivity index (χ4n) is 3.02. The number of aryl methyl sites for hydroxylation is 2. The third-order valence-corrected chi connectivity index (χ3v) is 4.10. The minimum Gasteiger partial charge on any atom is -0.449 e. The van der Waals surface area contributed by atoms with Crippen LogP contribution in [-0.4, -0.2) is 24.5 Å². The number of likely N-dealkylation sites (N-methyl/N-ethyl adjacent to an activating group) is 1. The lowest BCUT2D eigenvalue weighted by Gasteiger charge is -2.14. The van der Waals surface area contributed by atoms with Crippen LogP contribution in [0.25, 0.3) is 10.8 Å². The van der Waals surface area contributed by atoms with E-state index in [4.69, 9.17) is 4.74 Å². The molecule has 22 heavy (non-hydrogen) atoms. The summed E-state index contributed by atoms with van der Waals surface area (Å²) in [5.41, 5.74) is 3.08. The Bertz CT molecular complexity index is 741. The third kappa shape index (κ3) is 2.45. The smallest absolute Gasteiger partial charge is 0.339 e. The molecular weight excluding hydrogens is 278 g/mol. The molecule has 0 saturated heterocycles. The van der Waals surface area contributed by atoms with Crippen LogP contribution in [-0.2, 0) is 22.4 Å². The van der Waals surface area contributed by atoms with E-state index in [2.05, 4.69) is 11.4 Å². The third-order valence-electron chi connectivity index (χ3n) is 4.10. The monoisotopic (exact) mass is 297 g/mol. The summed E-state index contributed by atoms with van der Waals surface area (Å²) in [5.74, 6) is -0.726. The van der Waals surface area contributed by atoms with Crippen molar-refractivity contribution in [3.63, 3.8) is 0 Å². The van der Waals surface area contributed by atoms with Gasteiger partial charge in [-0.25, -0.2) is 4.79 Å². The summed E-state index contributed by atoms with van der Waals surface area (Å²) in [4.78, 5) is 24.1. The molecule has 1 aliphatic carbocycles. The van der Waals surface area contributed by atoms with Gasteiger partial charge < -0.3 is 10.1 Å². The van der Waals surface area contributed by atoms with E-state index in [1.165, 1.54) is 16.5 Å². The number of carbonyl (C=O) groups is 2. The quantitative estimate of drug-likeness (QED) is 0.883. The maximum atomic E-state index is 12.4. The maximum Gasteiger partial charge on any atom is 0.339 e. The van der Waals surface area contributed by atoms with Crippen LogP contribution >= 0.6 is 0 Å². The van der Waals surface area contributed by atoms with Crippen molar-refractivity contribution in [3.8, 4) is 0 Å². The summed E-state index contributed by atoms with van der Waals surface area (Å²) in [7, 11) is 0. The molecule has 3 rings (SSSR count). The Hall–Kier alpha value is -2.36. The highest BCUT2D eigenvalue weighted by molar-refractivity contribution is 6.07. The van der Waals surface area contributed by atoms with Crippen molar-refractivity contribution >= 4 is 22.6 Å². The van der Waals surface area contributed by atoms with Gasteiger partial charge in [-0.15, -0.1) is 0 Å². The van der Waals surface area contributed by atoms with E-state index in [9.17, 15) is 9.59 Å². The van der Waals surface area contributed by atoms with E-state index >= 15 is 0 Å². The summed E-state index contributed by atoms with van der Waals surface area (Å²) in [6.07, 6.45) is 1.23. The lowest BCUT2D eigenvalue weighted by Crippen LogP contribution is -2.35. The minimum absolute atomic E-state index is 0.276. The van der Waals surface area contributed by atoms with Gasteiger partial charge in [0.1, 0.15) is 0 Å². The van der Waals surface area contributed by atoms with Crippen LogP contribution in [0.2, 0.25) is 0 Å². The second kappa shape index (κ2) is 5.79. The van der Waals surface area contributed by atoms with Crippen LogP contribution in [0.15, 0.2) is 30.3 Å². The lowest BCUT2D eigenvalue weighted by molar-refractivity contribution is -0.128. The van der Waals surface area contributed by atoms with Gasteiger partial charge in [0.2, 0.25) is 0 Å². The van der Waals surface area contributed by atoms with E-state index in [1.54, 1.807) is 13.0 Å². The maximum absolute atomic E-state index is 12.4. The molecule has 0 spiro atoms. The largest absolute Gasteiger partial charge is 0.449 e. The van der Waals surface area contributed by atoms with Crippen molar-refractivity contribution in [1.82, 2.24) is 5.32 Å². The summed E-state index contributed by atoms with van der Waals surface area (Å²) < 4.78 is 5.31. The molecule has 1 unspecified atom stereocenters. The van der Waals surface area contributed by atoms with E-state index in [0.29, 0.717) is 12.1 Å². The fourth-order valence-corrected chi connectivity index (χ4v) is 3.02. The number of benzene rings is 2. The Morgan fingerprint density at radius 3 is 2.64 bits per heavy atom. The number of ether oxygens (including phenoxy) is 1. The number of amides is 1. The topological polar surface area (TPSA) is 55.4 Å². The van der Waals surface area contributed by atoms with Crippen LogP contribution in [0.1, 0.15) is 35.3 Å². The molecule has 0 bridgehead atoms. The van der Waals surface area contributed by atoms with E-state index in [0.717, 1.165) is 18.2 Å². The van der Waals surface area contributed by atoms with E-state index < -0.39 is 12.1 Å². The number of nitrogens with one attached hydrogen (secondary N) is 1. The second-order valence-corrected chi connectivity index (χ2v) is 5.55. The van der Waals surface area contributed by atoms with Crippen LogP contribution < -0.4 is 5.32 Å². The number of esters is 1. The van der Waals surface area contributed by atoms with Gasteiger partial charge in [0.25, 0.3) is 5.91 Å². The van der Waals surface area contributed by atoms with Gasteiger partial charge in [-0.05, 0) is 54.7 Å². The molecule has 0 radical (unpaired) electrons. The molecule has 4 heteroatoms. The molecule has 1 N–H and O–H groups in total. The van der Waals surface area contributed by atoms with E-state index in [1.807, 2.05) is 25.1 Å². The zero-order valence-corrected chi connectivity index (χ0v) is 12.8. The number of carbonyl (C=O) groups excluding carboxylic acids is 2. The molecule has 0 fully saturated rings. The van der Waals surface area contributed by atoms with Gasteiger partial charge in [0, 0.05) is 6.54 Å². The zero-order valence-electron chi connectivity index (χ0n) is 12.8. The van der Waals surface area contributed by atoms with Crippen molar-refractivity contribution in [2.24, 2.45) is 0 Å². The molecular formula is C18H19NO3. The van der Waals surface area contributed by atoms with Crippen LogP contribution in [0.3, 0.4) is 0 Å². The average molecular weight is 297 g/mol. The normalized spacial score (nSPS) is 13.9. The second-order valence-electron chi connectivity index (χ2n) is 5.55. The Kier molecular flexibility index (Phi) is 3.84. The average Bonchev–Trinajstić information content (AvgIpc) is 2.93. The van der Waals surface area contributed by atoms with Gasteiger partial charge in [-0.2, -0.15) is 0 Å². The Labute approximate surface area is 129 Å². The van der Waals surface area contributed by atoms with Gasteiger partial charge in [-0.1, -0.05) is 24.3 Å². The first-order valence-corrected chi connectivity index (χ1v) is 7.64. The molecule has 0 heterocycles. The molecule has 2 aromatic rings. The molecule has 0 aromatic heterocycles. The minimum atomic E-state index is -0.796. The summed E-state index contributed by atoms with van der Waals surface area (Å²) in [6.45, 7) is 3.93. The lowest BCUT2D eigenvalue weighted by atomic mass is 10.00. The van der Waals surface area contributed by atoms with Gasteiger partial charge in [0.05, 0.1) is 5.56 Å². The molecule has 4 nitrogen and oxygen atoms in total. The van der Waals surface area contributed by atoms with Crippen LogP contribution in [0.5, 0.6) is 0 Å². The van der Waals surface area contributed by atoms with Crippen molar-refractivity contribution in [3.05, 3.63) is 47.0 Å². The number of rotatable bonds is 4. The van der Waals surface area contributed by atoms with Gasteiger partial charge in [-0.3, -0.25) is 4.79 Å². The van der Waals surface area contributed by atoms with Crippen molar-refractivity contribution in [1.29, 1.82) is 0 Å². The summed E-state index contributed by atoms with van der Waals surface area (Å²) >= 11 is 0. The molecule has 2 aromatic carbocycles. The molecule has 1 atom stereocenters. The van der Waals surface area contributed by atoms with E-state index in [-0.39, 0.29) is 5.91 Å². The Morgan fingerprint density at radius 1 is 1.18 bits per heavy atom. The SMILES string of the molecule is CCNC(=O)C(C)OC(=O)c1ccc2c3c(cccc13)CC2. The molecule has 1 aliphatic rings. The predicted molar refractivity (Wildman–Crippen MR) is 84.9 cm³/mol. The van der Waals surface area contributed by atoms with Crippen LogP contribution in [0, 0.1) is 0 Å². The standard InChI is InChI=1S/C18H19NO3/c1-3-19-17(20)11(2)22-18(21)15-10-9-13-8-7-12-5-4-6-14(15)16(12)13/h4-6,9-11H,3,7-8H2,1-2H3,(H,19,20). The zero-order chi connectivity index (χ0) is 15.7. The Balaban J connectivity index is 1.91. The molecule has 0 saturated carbocycles. The van der Waals surface area contributed by atoms with Crippen molar-refractivity contribution in [2.45, 2.75) is 32.8 Å². The van der Waals surface area contributed by atoms with Gasteiger partial charge in [0.15, 0.2) is 6.10 Å². The Morgan fingerprint density at radius 2 is 1.91 bits per heavy atom. The molecule has 114 valence electrons. The first-order valence-electron chi connectivity index (χ1n) is 7.64. The van der Waals surface area contributed by atoms with Crippen LogP contribution in [0.4, 0.5) is 0 Å². The highest BCUT2D eigenvalue weighted by Gasteiger charge is 2.22. The molecule has 1 amide bonds. The first kappa shape index (κ1) is 14.6. The number of hydrogen-bond donors (Lipinski definition) is 1. The summed E-state index contributed by atoms with van der Waals surface area (Å²) in [6, 6.07) is 9.81. The van der Waals surface area contributed by atoms with Crippen molar-refractivity contribution in [2.75, 3.05) is 6.54 Å². The first-order chi connectivity index (χ1) is 10.6. The predicted octanol–water partition coefficient (Wildman–Crippen LogP) is 2.62. The van der Waals surface area contributed by atoms with Crippen molar-refractivity contribution < 1.29 is 14.3 Å².